The molecule has 4 aliphatic carbocycles. The molecule has 3 saturated carbocycles. The van der Waals surface area contributed by atoms with Gasteiger partial charge in [0, 0.05) is 22.7 Å². The smallest absolute Gasteiger partial charge is 0.193 e. The van der Waals surface area contributed by atoms with Gasteiger partial charge in [-0.2, -0.15) is 0 Å². The lowest BCUT2D eigenvalue weighted by Gasteiger charge is -2.63. The van der Waals surface area contributed by atoms with E-state index in [0.717, 1.165) is 5.69 Å². The van der Waals surface area contributed by atoms with E-state index in [1.165, 1.54) is 18.2 Å². The first-order chi connectivity index (χ1) is 17.0. The fourth-order valence-corrected chi connectivity index (χ4v) is 8.61. The monoisotopic (exact) mass is 499 g/mol. The summed E-state index contributed by atoms with van der Waals surface area (Å²) in [5.74, 6) is -2.62. The van der Waals surface area contributed by atoms with Gasteiger partial charge in [0.1, 0.15) is 12.8 Å². The second-order valence-electron chi connectivity index (χ2n) is 11.6. The number of aliphatic hydroxyl groups is 2. The molecule has 0 bridgehead atoms. The van der Waals surface area contributed by atoms with E-state index in [1.807, 2.05) is 37.3 Å². The zero-order chi connectivity index (χ0) is 25.7. The molecule has 6 nitrogen and oxygen atoms in total. The number of para-hydroxylation sites is 1. The van der Waals surface area contributed by atoms with Crippen molar-refractivity contribution >= 4 is 17.3 Å². The fourth-order valence-electron chi connectivity index (χ4n) is 8.61. The molecule has 1 aliphatic heterocycles. The molecular weight excluding hydrogens is 468 g/mol. The zero-order valence-corrected chi connectivity index (χ0v) is 20.4. The summed E-state index contributed by atoms with van der Waals surface area (Å²) >= 11 is 0. The molecule has 0 amide bonds. The van der Waals surface area contributed by atoms with Gasteiger partial charge in [0.15, 0.2) is 22.8 Å². The summed E-state index contributed by atoms with van der Waals surface area (Å²) in [6, 6.07) is 9.31. The molecule has 6 rings (SSSR count). The SMILES string of the molecule is C[C@]12C=CC(=O)C=C1[C@@H](F)C[C@H]1[C@@H]3C[C@H]4CN(c5ccccc5)O[C@@]4(C(=O)CO)[C@@]3(C)C[C@H](O)[C@@]12F. The number of carbonyl (C=O) groups is 2. The van der Waals surface area contributed by atoms with Gasteiger partial charge in [-0.05, 0) is 62.0 Å². The summed E-state index contributed by atoms with van der Waals surface area (Å²) in [6.45, 7) is 3.00. The number of halogens is 2. The van der Waals surface area contributed by atoms with E-state index in [-0.39, 0.29) is 30.1 Å². The van der Waals surface area contributed by atoms with Gasteiger partial charge in [-0.15, -0.1) is 0 Å². The summed E-state index contributed by atoms with van der Waals surface area (Å²) in [4.78, 5) is 31.9. The Morgan fingerprint density at radius 3 is 2.61 bits per heavy atom. The largest absolute Gasteiger partial charge is 0.390 e. The highest BCUT2D eigenvalue weighted by atomic mass is 19.1. The van der Waals surface area contributed by atoms with Gasteiger partial charge in [0.2, 0.25) is 0 Å². The van der Waals surface area contributed by atoms with E-state index in [2.05, 4.69) is 0 Å². The first-order valence-corrected chi connectivity index (χ1v) is 12.6. The molecule has 5 aliphatic rings. The number of hydroxylamine groups is 1. The van der Waals surface area contributed by atoms with Gasteiger partial charge < -0.3 is 10.2 Å². The molecule has 1 heterocycles. The Bertz CT molecular complexity index is 1190. The highest BCUT2D eigenvalue weighted by molar-refractivity contribution is 6.01. The number of fused-ring (bicyclic) bond motifs is 7. The van der Waals surface area contributed by atoms with Crippen molar-refractivity contribution < 1.29 is 33.4 Å². The number of aliphatic hydroxyl groups excluding tert-OH is 2. The number of Topliss-reactive ketones (excluding diaryl/α,β-unsaturated/α-hetero) is 1. The average molecular weight is 500 g/mol. The molecule has 8 heteroatoms. The molecule has 0 aromatic heterocycles. The van der Waals surface area contributed by atoms with Crippen LogP contribution in [0.2, 0.25) is 0 Å². The lowest BCUT2D eigenvalue weighted by molar-refractivity contribution is -0.228. The molecule has 1 saturated heterocycles. The summed E-state index contributed by atoms with van der Waals surface area (Å²) in [5.41, 5.74) is -5.37. The van der Waals surface area contributed by atoms with E-state index >= 15 is 8.78 Å². The molecule has 192 valence electrons. The Kier molecular flexibility index (Phi) is 5.03. The van der Waals surface area contributed by atoms with Crippen molar-refractivity contribution in [3.8, 4) is 0 Å². The lowest BCUT2D eigenvalue weighted by atomic mass is 9.44. The number of alkyl halides is 2. The summed E-state index contributed by atoms with van der Waals surface area (Å²) in [5, 5.41) is 23.2. The predicted molar refractivity (Wildman–Crippen MR) is 127 cm³/mol. The Morgan fingerprint density at radius 1 is 1.19 bits per heavy atom. The van der Waals surface area contributed by atoms with Gasteiger partial charge in [0.25, 0.3) is 0 Å². The van der Waals surface area contributed by atoms with Crippen molar-refractivity contribution in [1.82, 2.24) is 0 Å². The first kappa shape index (κ1) is 23.9. The number of ketones is 2. The van der Waals surface area contributed by atoms with Crippen molar-refractivity contribution in [2.24, 2.45) is 28.6 Å². The number of hydrogen-bond donors (Lipinski definition) is 2. The molecular formula is C28H31F2NO5. The van der Waals surface area contributed by atoms with Crippen LogP contribution in [0.5, 0.6) is 0 Å². The molecule has 2 N–H and O–H groups in total. The van der Waals surface area contributed by atoms with Gasteiger partial charge in [-0.25, -0.2) is 8.78 Å². The van der Waals surface area contributed by atoms with E-state index < -0.39 is 58.6 Å². The molecule has 4 fully saturated rings. The Balaban J connectivity index is 1.46. The Hall–Kier alpha value is -2.42. The number of benzene rings is 1. The van der Waals surface area contributed by atoms with Crippen molar-refractivity contribution in [2.75, 3.05) is 18.2 Å². The second-order valence-corrected chi connectivity index (χ2v) is 11.6. The third-order valence-electron chi connectivity index (χ3n) is 10.2. The first-order valence-electron chi connectivity index (χ1n) is 12.6. The van der Waals surface area contributed by atoms with Crippen LogP contribution >= 0.6 is 0 Å². The number of anilines is 1. The molecule has 0 spiro atoms. The van der Waals surface area contributed by atoms with Crippen LogP contribution < -0.4 is 5.06 Å². The topological polar surface area (TPSA) is 87.1 Å². The number of rotatable bonds is 3. The molecule has 0 radical (unpaired) electrons. The van der Waals surface area contributed by atoms with Crippen LogP contribution in [-0.2, 0) is 14.4 Å². The third-order valence-corrected chi connectivity index (χ3v) is 10.2. The molecule has 1 aromatic rings. The van der Waals surface area contributed by atoms with Crippen molar-refractivity contribution in [3.05, 3.63) is 54.1 Å². The van der Waals surface area contributed by atoms with Crippen LogP contribution in [0.1, 0.15) is 33.1 Å². The van der Waals surface area contributed by atoms with E-state index in [1.54, 1.807) is 12.0 Å². The van der Waals surface area contributed by atoms with Crippen molar-refractivity contribution in [1.29, 1.82) is 0 Å². The minimum atomic E-state index is -2.22. The maximum atomic E-state index is 17.4. The van der Waals surface area contributed by atoms with Crippen LogP contribution in [0.4, 0.5) is 14.5 Å². The van der Waals surface area contributed by atoms with Gasteiger partial charge in [-0.3, -0.25) is 19.5 Å². The molecule has 0 unspecified atom stereocenters. The Labute approximate surface area is 208 Å². The van der Waals surface area contributed by atoms with Gasteiger partial charge in [0.05, 0.1) is 18.3 Å². The second kappa shape index (κ2) is 7.55. The predicted octanol–water partition coefficient (Wildman–Crippen LogP) is 3.28. The lowest BCUT2D eigenvalue weighted by Crippen LogP contribution is -2.70. The quantitative estimate of drug-likeness (QED) is 0.664. The highest BCUT2D eigenvalue weighted by Gasteiger charge is 2.79. The minimum Gasteiger partial charge on any atom is -0.390 e. The number of hydrogen-bond acceptors (Lipinski definition) is 6. The average Bonchev–Trinajstić information content (AvgIpc) is 3.36. The highest BCUT2D eigenvalue weighted by Crippen LogP contribution is 2.72. The molecule has 9 atom stereocenters. The maximum Gasteiger partial charge on any atom is 0.193 e. The van der Waals surface area contributed by atoms with Crippen LogP contribution in [-0.4, -0.2) is 58.5 Å². The van der Waals surface area contributed by atoms with E-state index in [9.17, 15) is 19.8 Å². The number of allylic oxidation sites excluding steroid dienone is 4. The zero-order valence-electron chi connectivity index (χ0n) is 20.4. The number of carbonyl (C=O) groups excluding carboxylic acids is 2. The van der Waals surface area contributed by atoms with Gasteiger partial charge >= 0.3 is 0 Å². The van der Waals surface area contributed by atoms with Crippen LogP contribution in [0.15, 0.2) is 54.1 Å². The standard InChI is InChI=1S/C28H31F2NO5/c1-25-9-8-18(33)11-21(25)22(29)12-20-19-10-16-14-31(17-6-4-3-5-7-17)36-28(16,24(35)15-32)26(19,2)13-23(34)27(20,25)30/h3-9,11,16,19-20,22-23,32,34H,10,12-15H2,1-2H3/t16-,19-,20-,22-,23-,25-,26-,27-,28-/m0/s1. The van der Waals surface area contributed by atoms with Crippen LogP contribution in [0.25, 0.3) is 0 Å². The maximum absolute atomic E-state index is 17.4. The van der Waals surface area contributed by atoms with Gasteiger partial charge in [-0.1, -0.05) is 31.2 Å². The summed E-state index contributed by atoms with van der Waals surface area (Å²) < 4.78 is 33.0. The van der Waals surface area contributed by atoms with E-state index in [0.29, 0.717) is 13.0 Å². The van der Waals surface area contributed by atoms with Crippen molar-refractivity contribution in [3.63, 3.8) is 0 Å². The number of nitrogens with zero attached hydrogens (tertiary/aromatic N) is 1. The Morgan fingerprint density at radius 2 is 1.92 bits per heavy atom. The summed E-state index contributed by atoms with van der Waals surface area (Å²) in [7, 11) is 0. The normalized spacial score (nSPS) is 47.1. The fraction of sp³-hybridized carbons (Fsp3) is 0.571. The van der Waals surface area contributed by atoms with E-state index in [4.69, 9.17) is 4.84 Å². The third kappa shape index (κ3) is 2.65. The minimum absolute atomic E-state index is 0.0715. The summed E-state index contributed by atoms with van der Waals surface area (Å²) in [6.07, 6.45) is 0.891. The molecule has 36 heavy (non-hydrogen) atoms. The van der Waals surface area contributed by atoms with Crippen LogP contribution in [0.3, 0.4) is 0 Å². The van der Waals surface area contributed by atoms with Crippen LogP contribution in [0, 0.1) is 28.6 Å². The van der Waals surface area contributed by atoms with Crippen molar-refractivity contribution in [2.45, 2.75) is 56.7 Å². The molecule has 1 aromatic carbocycles.